The van der Waals surface area contributed by atoms with Gasteiger partial charge in [-0.15, -0.1) is 0 Å². The Kier molecular flexibility index (Phi) is 3.16. The number of piperidine rings is 1. The SMILES string of the molecule is O=S(=O)(c1cccc(O)c1)N1CC[CH]CC1. The van der Waals surface area contributed by atoms with Crippen molar-refractivity contribution in [1.29, 1.82) is 0 Å². The van der Waals surface area contributed by atoms with Crippen molar-refractivity contribution in [3.05, 3.63) is 30.7 Å². The first-order chi connectivity index (χ1) is 7.60. The molecule has 1 radical (unpaired) electrons. The van der Waals surface area contributed by atoms with Gasteiger partial charge in [0.1, 0.15) is 5.75 Å². The van der Waals surface area contributed by atoms with E-state index in [0.29, 0.717) is 13.1 Å². The second-order valence-electron chi connectivity index (χ2n) is 3.77. The Bertz CT molecular complexity index is 464. The van der Waals surface area contributed by atoms with Crippen molar-refractivity contribution in [1.82, 2.24) is 4.31 Å². The number of aromatic hydroxyl groups is 1. The normalized spacial score (nSPS) is 18.5. The third-order valence-corrected chi connectivity index (χ3v) is 4.52. The molecule has 2 rings (SSSR count). The van der Waals surface area contributed by atoms with E-state index in [0.717, 1.165) is 12.8 Å². The molecule has 0 aliphatic carbocycles. The minimum atomic E-state index is -3.43. The van der Waals surface area contributed by atoms with Gasteiger partial charge in [-0.25, -0.2) is 8.42 Å². The molecule has 16 heavy (non-hydrogen) atoms. The molecule has 4 nitrogen and oxygen atoms in total. The lowest BCUT2D eigenvalue weighted by molar-refractivity contribution is 0.383. The highest BCUT2D eigenvalue weighted by molar-refractivity contribution is 7.89. The average Bonchev–Trinajstić information content (AvgIpc) is 2.30. The van der Waals surface area contributed by atoms with Crippen molar-refractivity contribution in [2.75, 3.05) is 13.1 Å². The number of phenols is 1. The van der Waals surface area contributed by atoms with Crippen LogP contribution in [-0.4, -0.2) is 30.9 Å². The van der Waals surface area contributed by atoms with Gasteiger partial charge in [0.05, 0.1) is 4.90 Å². The van der Waals surface area contributed by atoms with Crippen LogP contribution in [0.15, 0.2) is 29.2 Å². The lowest BCUT2D eigenvalue weighted by Crippen LogP contribution is -2.35. The summed E-state index contributed by atoms with van der Waals surface area (Å²) in [6.45, 7) is 1.05. The zero-order valence-corrected chi connectivity index (χ0v) is 9.65. The predicted octanol–water partition coefficient (Wildman–Crippen LogP) is 1.38. The van der Waals surface area contributed by atoms with Crippen LogP contribution in [-0.2, 0) is 10.0 Å². The number of hydrogen-bond donors (Lipinski definition) is 1. The van der Waals surface area contributed by atoms with Gasteiger partial charge in [0, 0.05) is 13.1 Å². The maximum absolute atomic E-state index is 12.1. The van der Waals surface area contributed by atoms with Gasteiger partial charge in [0.15, 0.2) is 0 Å². The second kappa shape index (κ2) is 4.43. The number of benzene rings is 1. The number of sulfonamides is 1. The quantitative estimate of drug-likeness (QED) is 0.849. The second-order valence-corrected chi connectivity index (χ2v) is 5.71. The van der Waals surface area contributed by atoms with Gasteiger partial charge in [0.25, 0.3) is 0 Å². The molecule has 0 aromatic heterocycles. The van der Waals surface area contributed by atoms with Crippen LogP contribution in [0.25, 0.3) is 0 Å². The molecule has 1 aliphatic rings. The van der Waals surface area contributed by atoms with Gasteiger partial charge in [-0.2, -0.15) is 4.31 Å². The van der Waals surface area contributed by atoms with Crippen molar-refractivity contribution < 1.29 is 13.5 Å². The molecule has 1 N–H and O–H groups in total. The maximum atomic E-state index is 12.1. The van der Waals surface area contributed by atoms with E-state index < -0.39 is 10.0 Å². The Morgan fingerprint density at radius 3 is 2.50 bits per heavy atom. The maximum Gasteiger partial charge on any atom is 0.243 e. The molecule has 0 bridgehead atoms. The molecular weight excluding hydrogens is 226 g/mol. The fourth-order valence-electron chi connectivity index (χ4n) is 1.76. The van der Waals surface area contributed by atoms with E-state index in [1.165, 1.54) is 28.6 Å². The number of rotatable bonds is 2. The Morgan fingerprint density at radius 2 is 1.88 bits per heavy atom. The van der Waals surface area contributed by atoms with Gasteiger partial charge in [-0.05, 0) is 37.5 Å². The molecule has 0 amide bonds. The van der Waals surface area contributed by atoms with Crippen LogP contribution < -0.4 is 0 Å². The highest BCUT2D eigenvalue weighted by atomic mass is 32.2. The fraction of sp³-hybridized carbons (Fsp3) is 0.364. The molecule has 1 aromatic carbocycles. The van der Waals surface area contributed by atoms with E-state index in [-0.39, 0.29) is 10.6 Å². The minimum absolute atomic E-state index is 0.0235. The first-order valence-corrected chi connectivity index (χ1v) is 6.65. The Morgan fingerprint density at radius 1 is 1.19 bits per heavy atom. The molecule has 0 saturated carbocycles. The lowest BCUT2D eigenvalue weighted by atomic mass is 10.2. The smallest absolute Gasteiger partial charge is 0.243 e. The zero-order valence-electron chi connectivity index (χ0n) is 8.83. The molecule has 0 spiro atoms. The molecule has 1 heterocycles. The monoisotopic (exact) mass is 240 g/mol. The predicted molar refractivity (Wildman–Crippen MR) is 60.4 cm³/mol. The van der Waals surface area contributed by atoms with Crippen molar-refractivity contribution in [2.45, 2.75) is 17.7 Å². The Hall–Kier alpha value is -1.07. The van der Waals surface area contributed by atoms with Crippen LogP contribution in [0.2, 0.25) is 0 Å². The molecule has 87 valence electrons. The molecule has 0 unspecified atom stereocenters. The van der Waals surface area contributed by atoms with Gasteiger partial charge in [0.2, 0.25) is 10.0 Å². The Labute approximate surface area is 95.6 Å². The van der Waals surface area contributed by atoms with E-state index >= 15 is 0 Å². The molecular formula is C11H14NO3S. The van der Waals surface area contributed by atoms with Crippen LogP contribution in [0, 0.1) is 6.42 Å². The van der Waals surface area contributed by atoms with Crippen LogP contribution in [0.4, 0.5) is 0 Å². The molecule has 1 fully saturated rings. The van der Waals surface area contributed by atoms with E-state index in [4.69, 9.17) is 0 Å². The fourth-order valence-corrected chi connectivity index (χ4v) is 3.27. The zero-order chi connectivity index (χ0) is 11.6. The summed E-state index contributed by atoms with van der Waals surface area (Å²) in [7, 11) is -3.43. The summed E-state index contributed by atoms with van der Waals surface area (Å²) in [5, 5.41) is 9.29. The standard InChI is InChI=1S/C11H14NO3S/c13-10-5-4-6-11(9-10)16(14,15)12-7-2-1-3-8-12/h1,4-6,9,13H,2-3,7-8H2. The van der Waals surface area contributed by atoms with Crippen molar-refractivity contribution in [3.63, 3.8) is 0 Å². The molecule has 1 saturated heterocycles. The van der Waals surface area contributed by atoms with Crippen LogP contribution >= 0.6 is 0 Å². The third kappa shape index (κ3) is 2.20. The van der Waals surface area contributed by atoms with Crippen LogP contribution in [0.5, 0.6) is 5.75 Å². The summed E-state index contributed by atoms with van der Waals surface area (Å²) >= 11 is 0. The highest BCUT2D eigenvalue weighted by Gasteiger charge is 2.25. The minimum Gasteiger partial charge on any atom is -0.508 e. The summed E-state index contributed by atoms with van der Waals surface area (Å²) in [4.78, 5) is 0.161. The number of hydrogen-bond acceptors (Lipinski definition) is 3. The summed E-state index contributed by atoms with van der Waals surface area (Å²) in [5.41, 5.74) is 0. The van der Waals surface area contributed by atoms with Gasteiger partial charge < -0.3 is 5.11 Å². The first-order valence-electron chi connectivity index (χ1n) is 5.21. The van der Waals surface area contributed by atoms with Crippen molar-refractivity contribution >= 4 is 10.0 Å². The number of nitrogens with zero attached hydrogens (tertiary/aromatic N) is 1. The van der Waals surface area contributed by atoms with E-state index in [9.17, 15) is 13.5 Å². The van der Waals surface area contributed by atoms with Gasteiger partial charge in [-0.3, -0.25) is 0 Å². The van der Waals surface area contributed by atoms with Crippen molar-refractivity contribution in [3.8, 4) is 5.75 Å². The van der Waals surface area contributed by atoms with Crippen LogP contribution in [0.1, 0.15) is 12.8 Å². The Balaban J connectivity index is 2.30. The molecule has 5 heteroatoms. The summed E-state index contributed by atoms with van der Waals surface area (Å²) in [6, 6.07) is 5.79. The van der Waals surface area contributed by atoms with Gasteiger partial charge >= 0.3 is 0 Å². The summed E-state index contributed by atoms with van der Waals surface area (Å²) in [5.74, 6) is -0.0235. The number of phenolic OH excluding ortho intramolecular Hbond substituents is 1. The first kappa shape index (κ1) is 11.4. The average molecular weight is 240 g/mol. The lowest BCUT2D eigenvalue weighted by Gasteiger charge is -2.25. The van der Waals surface area contributed by atoms with Crippen LogP contribution in [0.3, 0.4) is 0 Å². The van der Waals surface area contributed by atoms with Crippen molar-refractivity contribution in [2.24, 2.45) is 0 Å². The summed E-state index contributed by atoms with van der Waals surface area (Å²) in [6.07, 6.45) is 3.67. The van der Waals surface area contributed by atoms with E-state index in [1.54, 1.807) is 0 Å². The summed E-state index contributed by atoms with van der Waals surface area (Å²) < 4.78 is 25.7. The van der Waals surface area contributed by atoms with Gasteiger partial charge in [-0.1, -0.05) is 6.07 Å². The van der Waals surface area contributed by atoms with E-state index in [2.05, 4.69) is 6.42 Å². The highest BCUT2D eigenvalue weighted by Crippen LogP contribution is 2.22. The molecule has 1 aromatic rings. The van der Waals surface area contributed by atoms with E-state index in [1.807, 2.05) is 0 Å². The molecule has 1 aliphatic heterocycles. The third-order valence-electron chi connectivity index (χ3n) is 2.62. The molecule has 0 atom stereocenters. The topological polar surface area (TPSA) is 57.6 Å². The largest absolute Gasteiger partial charge is 0.508 e.